The average molecular weight is 417 g/mol. The zero-order valence-corrected chi connectivity index (χ0v) is 17.6. The van der Waals surface area contributed by atoms with Crippen molar-refractivity contribution < 1.29 is 4.79 Å². The van der Waals surface area contributed by atoms with E-state index >= 15 is 0 Å². The number of benzene rings is 2. The second-order valence-corrected chi connectivity index (χ2v) is 7.81. The summed E-state index contributed by atoms with van der Waals surface area (Å²) in [4.78, 5) is 24.0. The molecule has 1 amide bonds. The Bertz CT molecular complexity index is 1170. The van der Waals surface area contributed by atoms with E-state index in [0.29, 0.717) is 22.2 Å². The molecule has 0 aliphatic carbocycles. The lowest BCUT2D eigenvalue weighted by atomic mass is 10.3. The first kappa shape index (κ1) is 19.8. The standard InChI is InChI=1S/C22H20N6OS/c1-14-13-15(2)24-22(23-14)30-19-11-9-17(10-12-19)25-21(29)20-16(3)26-28(27-20)18-7-5-4-6-8-18/h4-13H,1-3H3,(H,25,29). The summed E-state index contributed by atoms with van der Waals surface area (Å²) in [5, 5.41) is 12.3. The first-order valence-corrected chi connectivity index (χ1v) is 10.2. The Morgan fingerprint density at radius 3 is 2.23 bits per heavy atom. The number of amides is 1. The van der Waals surface area contributed by atoms with E-state index < -0.39 is 0 Å². The first-order valence-electron chi connectivity index (χ1n) is 9.39. The number of rotatable bonds is 5. The number of hydrogen-bond donors (Lipinski definition) is 1. The molecule has 0 saturated carbocycles. The van der Waals surface area contributed by atoms with Gasteiger partial charge in [-0.1, -0.05) is 18.2 Å². The predicted octanol–water partition coefficient (Wildman–Crippen LogP) is 4.39. The van der Waals surface area contributed by atoms with E-state index in [1.807, 2.05) is 74.5 Å². The van der Waals surface area contributed by atoms with Crippen LogP contribution in [0.2, 0.25) is 0 Å². The predicted molar refractivity (Wildman–Crippen MR) is 116 cm³/mol. The Hall–Kier alpha value is -3.52. The van der Waals surface area contributed by atoms with Crippen molar-refractivity contribution in [3.63, 3.8) is 0 Å². The fraction of sp³-hybridized carbons (Fsp3) is 0.136. The Labute approximate surface area is 178 Å². The highest BCUT2D eigenvalue weighted by Crippen LogP contribution is 2.26. The molecule has 7 nitrogen and oxygen atoms in total. The van der Waals surface area contributed by atoms with E-state index in [0.717, 1.165) is 22.0 Å². The monoisotopic (exact) mass is 416 g/mol. The van der Waals surface area contributed by atoms with Gasteiger partial charge in [-0.3, -0.25) is 4.79 Å². The molecule has 0 spiro atoms. The van der Waals surface area contributed by atoms with Crippen molar-refractivity contribution in [2.24, 2.45) is 0 Å². The van der Waals surface area contributed by atoms with Crippen molar-refractivity contribution in [1.29, 1.82) is 0 Å². The van der Waals surface area contributed by atoms with Gasteiger partial charge in [0.1, 0.15) is 0 Å². The SMILES string of the molecule is Cc1cc(C)nc(Sc2ccc(NC(=O)c3nn(-c4ccccc4)nc3C)cc2)n1. The quantitative estimate of drug-likeness (QED) is 0.486. The molecule has 0 radical (unpaired) electrons. The van der Waals surface area contributed by atoms with Crippen LogP contribution in [-0.2, 0) is 0 Å². The zero-order valence-electron chi connectivity index (χ0n) is 16.8. The molecule has 4 aromatic rings. The summed E-state index contributed by atoms with van der Waals surface area (Å²) in [6.07, 6.45) is 0. The molecular formula is C22H20N6OS. The molecule has 150 valence electrons. The lowest BCUT2D eigenvalue weighted by Gasteiger charge is -2.06. The fourth-order valence-electron chi connectivity index (χ4n) is 2.91. The van der Waals surface area contributed by atoms with Gasteiger partial charge in [-0.25, -0.2) is 9.97 Å². The van der Waals surface area contributed by atoms with Gasteiger partial charge in [0.15, 0.2) is 10.9 Å². The molecule has 0 aliphatic rings. The third-order valence-electron chi connectivity index (χ3n) is 4.27. The molecule has 8 heteroatoms. The average Bonchev–Trinajstić information content (AvgIpc) is 3.11. The van der Waals surface area contributed by atoms with Gasteiger partial charge in [-0.15, -0.1) is 5.10 Å². The number of para-hydroxylation sites is 1. The van der Waals surface area contributed by atoms with Gasteiger partial charge in [-0.2, -0.15) is 9.90 Å². The molecule has 0 fully saturated rings. The Balaban J connectivity index is 1.46. The number of aryl methyl sites for hydroxylation is 3. The van der Waals surface area contributed by atoms with Crippen LogP contribution in [0.15, 0.2) is 70.7 Å². The number of nitrogens with one attached hydrogen (secondary N) is 1. The molecule has 2 aromatic heterocycles. The summed E-state index contributed by atoms with van der Waals surface area (Å²) in [5.74, 6) is -0.298. The van der Waals surface area contributed by atoms with Crippen LogP contribution >= 0.6 is 11.8 Å². The van der Waals surface area contributed by atoms with Crippen LogP contribution in [0.4, 0.5) is 5.69 Å². The highest BCUT2D eigenvalue weighted by molar-refractivity contribution is 7.99. The number of anilines is 1. The molecule has 0 bridgehead atoms. The minimum absolute atomic E-state index is 0.293. The summed E-state index contributed by atoms with van der Waals surface area (Å²) in [7, 11) is 0. The second kappa shape index (κ2) is 8.46. The maximum Gasteiger partial charge on any atom is 0.278 e. The van der Waals surface area contributed by atoms with E-state index in [9.17, 15) is 4.79 Å². The molecule has 30 heavy (non-hydrogen) atoms. The van der Waals surface area contributed by atoms with Crippen molar-refractivity contribution >= 4 is 23.4 Å². The number of carbonyl (C=O) groups is 1. The van der Waals surface area contributed by atoms with Crippen molar-refractivity contribution in [1.82, 2.24) is 25.0 Å². The highest BCUT2D eigenvalue weighted by atomic mass is 32.2. The molecule has 0 aliphatic heterocycles. The van der Waals surface area contributed by atoms with Crippen molar-refractivity contribution in [3.05, 3.63) is 83.4 Å². The number of carbonyl (C=O) groups excluding carboxylic acids is 1. The third kappa shape index (κ3) is 4.55. The minimum atomic E-state index is -0.298. The van der Waals surface area contributed by atoms with Crippen LogP contribution < -0.4 is 5.32 Å². The Morgan fingerprint density at radius 1 is 0.900 bits per heavy atom. The highest BCUT2D eigenvalue weighted by Gasteiger charge is 2.16. The fourth-order valence-corrected chi connectivity index (χ4v) is 3.77. The van der Waals surface area contributed by atoms with Gasteiger partial charge in [0.05, 0.1) is 11.4 Å². The second-order valence-electron chi connectivity index (χ2n) is 6.77. The van der Waals surface area contributed by atoms with Crippen LogP contribution in [0.3, 0.4) is 0 Å². The zero-order chi connectivity index (χ0) is 21.1. The van der Waals surface area contributed by atoms with E-state index in [-0.39, 0.29) is 5.91 Å². The Kier molecular flexibility index (Phi) is 5.58. The number of hydrogen-bond acceptors (Lipinski definition) is 6. The van der Waals surface area contributed by atoms with Crippen LogP contribution in [0.5, 0.6) is 0 Å². The van der Waals surface area contributed by atoms with Crippen LogP contribution in [0.25, 0.3) is 5.69 Å². The lowest BCUT2D eigenvalue weighted by molar-refractivity contribution is 0.102. The molecule has 1 N–H and O–H groups in total. The minimum Gasteiger partial charge on any atom is -0.321 e. The summed E-state index contributed by atoms with van der Waals surface area (Å²) < 4.78 is 0. The molecule has 4 rings (SSSR count). The summed E-state index contributed by atoms with van der Waals surface area (Å²) in [6.45, 7) is 5.67. The van der Waals surface area contributed by atoms with Crippen LogP contribution in [-0.4, -0.2) is 30.9 Å². The molecule has 0 unspecified atom stereocenters. The summed E-state index contributed by atoms with van der Waals surface area (Å²) in [5.41, 5.74) is 4.21. The van der Waals surface area contributed by atoms with Gasteiger partial charge >= 0.3 is 0 Å². The first-order chi connectivity index (χ1) is 14.5. The van der Waals surface area contributed by atoms with E-state index in [1.54, 1.807) is 6.92 Å². The van der Waals surface area contributed by atoms with Crippen molar-refractivity contribution in [3.8, 4) is 5.69 Å². The maximum absolute atomic E-state index is 12.7. The van der Waals surface area contributed by atoms with Crippen molar-refractivity contribution in [2.75, 3.05) is 5.32 Å². The summed E-state index contributed by atoms with van der Waals surface area (Å²) >= 11 is 1.48. The van der Waals surface area contributed by atoms with Gasteiger partial charge in [0.25, 0.3) is 5.91 Å². The largest absolute Gasteiger partial charge is 0.321 e. The smallest absolute Gasteiger partial charge is 0.278 e. The number of aromatic nitrogens is 5. The molecule has 0 atom stereocenters. The van der Waals surface area contributed by atoms with E-state index in [1.165, 1.54) is 16.6 Å². The maximum atomic E-state index is 12.7. The van der Waals surface area contributed by atoms with E-state index in [4.69, 9.17) is 0 Å². The normalized spacial score (nSPS) is 10.8. The van der Waals surface area contributed by atoms with Gasteiger partial charge in [0.2, 0.25) is 0 Å². The summed E-state index contributed by atoms with van der Waals surface area (Å²) in [6, 6.07) is 19.0. The van der Waals surface area contributed by atoms with Crippen molar-refractivity contribution in [2.45, 2.75) is 30.8 Å². The molecule has 2 aromatic carbocycles. The van der Waals surface area contributed by atoms with Gasteiger partial charge < -0.3 is 5.32 Å². The molecule has 0 saturated heterocycles. The molecule has 2 heterocycles. The van der Waals surface area contributed by atoms with E-state index in [2.05, 4.69) is 25.5 Å². The van der Waals surface area contributed by atoms with Gasteiger partial charge in [-0.05, 0) is 75.0 Å². The van der Waals surface area contributed by atoms with Crippen LogP contribution in [0.1, 0.15) is 27.6 Å². The van der Waals surface area contributed by atoms with Crippen LogP contribution in [0, 0.1) is 20.8 Å². The lowest BCUT2D eigenvalue weighted by Crippen LogP contribution is -2.14. The van der Waals surface area contributed by atoms with Gasteiger partial charge in [0, 0.05) is 22.0 Å². The molecular weight excluding hydrogens is 396 g/mol. The third-order valence-corrected chi connectivity index (χ3v) is 5.14. The topological polar surface area (TPSA) is 85.6 Å². The Morgan fingerprint density at radius 2 is 1.57 bits per heavy atom. The number of nitrogens with zero attached hydrogens (tertiary/aromatic N) is 5.